The topological polar surface area (TPSA) is 52.3 Å². The fourth-order valence-electron chi connectivity index (χ4n) is 1.05. The lowest BCUT2D eigenvalue weighted by molar-refractivity contribution is 0.0500. The number of hydrogen-bond donors (Lipinski definition) is 1. The van der Waals surface area contributed by atoms with E-state index < -0.39 is 0 Å². The Kier molecular flexibility index (Phi) is 4.43. The highest BCUT2D eigenvalue weighted by Crippen LogP contribution is 2.20. The number of carbonyl (C=O) groups is 1. The number of rotatable bonds is 4. The summed E-state index contributed by atoms with van der Waals surface area (Å²) in [6.45, 7) is 2.48. The maximum Gasteiger partial charge on any atom is 0.338 e. The van der Waals surface area contributed by atoms with Crippen LogP contribution in [0, 0.1) is 0 Å². The Morgan fingerprint density at radius 2 is 2.27 bits per heavy atom. The summed E-state index contributed by atoms with van der Waals surface area (Å²) in [6.07, 6.45) is 1.87. The van der Waals surface area contributed by atoms with E-state index in [-0.39, 0.29) is 5.97 Å². The summed E-state index contributed by atoms with van der Waals surface area (Å²) in [5, 5.41) is 0.375. The number of hydrogen-bond acceptors (Lipinski definition) is 3. The van der Waals surface area contributed by atoms with Gasteiger partial charge in [0.15, 0.2) is 0 Å². The number of nitrogen functional groups attached to an aromatic ring is 1. The van der Waals surface area contributed by atoms with Crippen LogP contribution in [0.25, 0.3) is 0 Å². The van der Waals surface area contributed by atoms with Gasteiger partial charge in [0.2, 0.25) is 0 Å². The monoisotopic (exact) mass is 227 g/mol. The third-order valence-corrected chi connectivity index (χ3v) is 2.29. The highest BCUT2D eigenvalue weighted by atomic mass is 35.5. The molecule has 0 saturated carbocycles. The lowest BCUT2D eigenvalue weighted by atomic mass is 10.2. The molecule has 1 rings (SSSR count). The van der Waals surface area contributed by atoms with Crippen LogP contribution in [0.3, 0.4) is 0 Å². The van der Waals surface area contributed by atoms with Crippen LogP contribution in [0.15, 0.2) is 18.2 Å². The number of anilines is 1. The molecule has 1 aromatic carbocycles. The Labute approximate surface area is 94.2 Å². The van der Waals surface area contributed by atoms with E-state index in [2.05, 4.69) is 0 Å². The molecule has 0 bridgehead atoms. The van der Waals surface area contributed by atoms with Crippen LogP contribution in [-0.2, 0) is 4.74 Å². The molecule has 3 nitrogen and oxygen atoms in total. The van der Waals surface area contributed by atoms with Crippen LogP contribution < -0.4 is 5.73 Å². The summed E-state index contributed by atoms with van der Waals surface area (Å²) in [7, 11) is 0. The van der Waals surface area contributed by atoms with Crippen LogP contribution in [-0.4, -0.2) is 12.6 Å². The van der Waals surface area contributed by atoms with Crippen LogP contribution in [0.1, 0.15) is 30.1 Å². The zero-order valence-electron chi connectivity index (χ0n) is 8.63. The normalized spacial score (nSPS) is 10.0. The van der Waals surface area contributed by atoms with E-state index in [1.807, 2.05) is 6.92 Å². The summed E-state index contributed by atoms with van der Waals surface area (Å²) in [4.78, 5) is 11.5. The van der Waals surface area contributed by atoms with Gasteiger partial charge in [-0.3, -0.25) is 0 Å². The van der Waals surface area contributed by atoms with Crippen molar-refractivity contribution in [3.8, 4) is 0 Å². The second-order valence-corrected chi connectivity index (χ2v) is 3.63. The quantitative estimate of drug-likeness (QED) is 0.489. The van der Waals surface area contributed by atoms with Crippen molar-refractivity contribution in [2.24, 2.45) is 0 Å². The first-order valence-electron chi connectivity index (χ1n) is 4.87. The summed E-state index contributed by atoms with van der Waals surface area (Å²) in [6, 6.07) is 4.72. The van der Waals surface area contributed by atoms with Crippen molar-refractivity contribution in [1.82, 2.24) is 0 Å². The lowest BCUT2D eigenvalue weighted by Gasteiger charge is -2.05. The van der Waals surface area contributed by atoms with Gasteiger partial charge in [-0.25, -0.2) is 4.79 Å². The molecule has 0 fully saturated rings. The van der Waals surface area contributed by atoms with Gasteiger partial charge in [-0.2, -0.15) is 0 Å². The first-order valence-corrected chi connectivity index (χ1v) is 5.25. The molecule has 1 aromatic rings. The lowest BCUT2D eigenvalue weighted by Crippen LogP contribution is -2.06. The molecule has 0 spiro atoms. The van der Waals surface area contributed by atoms with Crippen molar-refractivity contribution >= 4 is 23.3 Å². The molecule has 2 N–H and O–H groups in total. The van der Waals surface area contributed by atoms with Crippen LogP contribution in [0.2, 0.25) is 5.02 Å². The van der Waals surface area contributed by atoms with E-state index in [4.69, 9.17) is 22.1 Å². The zero-order valence-corrected chi connectivity index (χ0v) is 9.38. The number of esters is 1. The second-order valence-electron chi connectivity index (χ2n) is 3.23. The van der Waals surface area contributed by atoms with Gasteiger partial charge in [-0.05, 0) is 24.6 Å². The Morgan fingerprint density at radius 1 is 1.53 bits per heavy atom. The molecule has 0 saturated heterocycles. The first kappa shape index (κ1) is 11.9. The molecule has 4 heteroatoms. The Hall–Kier alpha value is -1.22. The number of benzene rings is 1. The second kappa shape index (κ2) is 5.61. The van der Waals surface area contributed by atoms with Gasteiger partial charge in [0.25, 0.3) is 0 Å². The number of unbranched alkanes of at least 4 members (excludes halogenated alkanes) is 1. The molecule has 0 unspecified atom stereocenters. The molecule has 0 amide bonds. The summed E-state index contributed by atoms with van der Waals surface area (Å²) < 4.78 is 5.02. The maximum absolute atomic E-state index is 11.5. The minimum Gasteiger partial charge on any atom is -0.462 e. The van der Waals surface area contributed by atoms with E-state index in [9.17, 15) is 4.79 Å². The van der Waals surface area contributed by atoms with E-state index >= 15 is 0 Å². The van der Waals surface area contributed by atoms with Gasteiger partial charge in [-0.1, -0.05) is 24.9 Å². The SMILES string of the molecule is CCCCOC(=O)c1ccc(N)c(Cl)c1. The largest absolute Gasteiger partial charge is 0.462 e. The summed E-state index contributed by atoms with van der Waals surface area (Å²) >= 11 is 5.79. The minimum atomic E-state index is -0.356. The van der Waals surface area contributed by atoms with Crippen LogP contribution in [0.4, 0.5) is 5.69 Å². The highest BCUT2D eigenvalue weighted by molar-refractivity contribution is 6.33. The fraction of sp³-hybridized carbons (Fsp3) is 0.364. The van der Waals surface area contributed by atoms with Gasteiger partial charge >= 0.3 is 5.97 Å². The van der Waals surface area contributed by atoms with Gasteiger partial charge < -0.3 is 10.5 Å². The zero-order chi connectivity index (χ0) is 11.3. The average Bonchev–Trinajstić information content (AvgIpc) is 2.22. The third kappa shape index (κ3) is 3.44. The van der Waals surface area contributed by atoms with Crippen molar-refractivity contribution < 1.29 is 9.53 Å². The fourth-order valence-corrected chi connectivity index (χ4v) is 1.23. The predicted molar refractivity (Wildman–Crippen MR) is 61.1 cm³/mol. The van der Waals surface area contributed by atoms with Crippen molar-refractivity contribution in [3.63, 3.8) is 0 Å². The maximum atomic E-state index is 11.5. The Morgan fingerprint density at radius 3 is 2.87 bits per heavy atom. The molecule has 0 aliphatic carbocycles. The minimum absolute atomic E-state index is 0.356. The first-order chi connectivity index (χ1) is 7.15. The molecule has 0 aromatic heterocycles. The van der Waals surface area contributed by atoms with E-state index in [0.717, 1.165) is 12.8 Å². The van der Waals surface area contributed by atoms with E-state index in [0.29, 0.717) is 22.9 Å². The van der Waals surface area contributed by atoms with Crippen LogP contribution >= 0.6 is 11.6 Å². The molecular formula is C11H14ClNO2. The number of halogens is 1. The molecular weight excluding hydrogens is 214 g/mol. The van der Waals surface area contributed by atoms with Gasteiger partial charge in [0, 0.05) is 0 Å². The Bertz CT molecular complexity index is 352. The Balaban J connectivity index is 2.62. The van der Waals surface area contributed by atoms with Crippen molar-refractivity contribution in [1.29, 1.82) is 0 Å². The summed E-state index contributed by atoms with van der Waals surface area (Å²) in [5.74, 6) is -0.356. The number of nitrogens with two attached hydrogens (primary N) is 1. The average molecular weight is 228 g/mol. The standard InChI is InChI=1S/C11H14ClNO2/c1-2-3-6-15-11(14)8-4-5-10(13)9(12)7-8/h4-5,7H,2-3,6,13H2,1H3. The molecule has 0 atom stereocenters. The van der Waals surface area contributed by atoms with Crippen molar-refractivity contribution in [2.45, 2.75) is 19.8 Å². The predicted octanol–water partition coefficient (Wildman–Crippen LogP) is 2.88. The van der Waals surface area contributed by atoms with Gasteiger partial charge in [0.1, 0.15) is 0 Å². The van der Waals surface area contributed by atoms with Crippen molar-refractivity contribution in [3.05, 3.63) is 28.8 Å². The van der Waals surface area contributed by atoms with E-state index in [1.165, 1.54) is 6.07 Å². The molecule has 0 radical (unpaired) electrons. The van der Waals surface area contributed by atoms with Gasteiger partial charge in [0.05, 0.1) is 22.9 Å². The smallest absolute Gasteiger partial charge is 0.338 e. The van der Waals surface area contributed by atoms with Gasteiger partial charge in [-0.15, -0.1) is 0 Å². The number of ether oxygens (including phenoxy) is 1. The molecule has 0 aliphatic rings. The van der Waals surface area contributed by atoms with Crippen molar-refractivity contribution in [2.75, 3.05) is 12.3 Å². The molecule has 0 aliphatic heterocycles. The van der Waals surface area contributed by atoms with Crippen LogP contribution in [0.5, 0.6) is 0 Å². The highest BCUT2D eigenvalue weighted by Gasteiger charge is 2.08. The van der Waals surface area contributed by atoms with E-state index in [1.54, 1.807) is 12.1 Å². The molecule has 15 heavy (non-hydrogen) atoms. The summed E-state index contributed by atoms with van der Waals surface area (Å²) in [5.41, 5.74) is 6.42. The molecule has 82 valence electrons. The third-order valence-electron chi connectivity index (χ3n) is 1.97. The molecule has 0 heterocycles. The number of carbonyl (C=O) groups excluding carboxylic acids is 1.